The number of likely N-dealkylation sites (tertiary alicyclic amines) is 1. The highest BCUT2D eigenvalue weighted by Crippen LogP contribution is 2.22. The average Bonchev–Trinajstić information content (AvgIpc) is 3.51. The molecule has 0 aliphatic carbocycles. The first-order valence-corrected chi connectivity index (χ1v) is 11.8. The molecule has 36 heavy (non-hydrogen) atoms. The minimum absolute atomic E-state index is 0.0149. The Balaban J connectivity index is 1.18. The topological polar surface area (TPSA) is 110 Å². The fourth-order valence-electron chi connectivity index (χ4n) is 4.21. The zero-order valence-electron chi connectivity index (χ0n) is 20.0. The molecule has 8 nitrogen and oxygen atoms in total. The molecule has 3 heterocycles. The molecule has 1 saturated heterocycles. The van der Waals surface area contributed by atoms with Crippen LogP contribution >= 0.6 is 0 Å². The molecule has 1 fully saturated rings. The van der Waals surface area contributed by atoms with Gasteiger partial charge in [-0.3, -0.25) is 9.69 Å². The van der Waals surface area contributed by atoms with Crippen LogP contribution in [0, 0.1) is 17.8 Å². The number of amides is 1. The Morgan fingerprint density at radius 2 is 1.78 bits per heavy atom. The van der Waals surface area contributed by atoms with Gasteiger partial charge in [-0.2, -0.15) is 0 Å². The van der Waals surface area contributed by atoms with Crippen molar-refractivity contribution in [1.29, 1.82) is 0 Å². The fraction of sp³-hybridized carbons (Fsp3) is 0.250. The number of aliphatic hydroxyl groups is 1. The van der Waals surface area contributed by atoms with Gasteiger partial charge in [-0.1, -0.05) is 29.1 Å². The SMILES string of the molecule is CC(O)c1nccn1Cc1cc(-c2ccc(C#Cc3ccc(CN4CC(C(N)=O)C4)cc3)cc2)on1. The number of hydrogen-bond acceptors (Lipinski definition) is 6. The predicted molar refractivity (Wildman–Crippen MR) is 134 cm³/mol. The maximum Gasteiger partial charge on any atom is 0.223 e. The zero-order chi connectivity index (χ0) is 25.1. The van der Waals surface area contributed by atoms with Gasteiger partial charge in [0.2, 0.25) is 5.91 Å². The van der Waals surface area contributed by atoms with E-state index in [0.29, 0.717) is 18.1 Å². The number of rotatable bonds is 7. The molecule has 3 N–H and O–H groups in total. The Morgan fingerprint density at radius 3 is 2.42 bits per heavy atom. The van der Waals surface area contributed by atoms with E-state index in [1.54, 1.807) is 13.1 Å². The zero-order valence-corrected chi connectivity index (χ0v) is 20.0. The number of primary amides is 1. The van der Waals surface area contributed by atoms with Crippen LogP contribution in [-0.4, -0.2) is 43.7 Å². The maximum absolute atomic E-state index is 11.1. The van der Waals surface area contributed by atoms with Crippen molar-refractivity contribution in [3.05, 3.63) is 95.2 Å². The molecule has 1 unspecified atom stereocenters. The molecule has 1 amide bonds. The number of hydrogen-bond donors (Lipinski definition) is 2. The molecule has 2 aromatic carbocycles. The van der Waals surface area contributed by atoms with Crippen molar-refractivity contribution in [3.63, 3.8) is 0 Å². The van der Waals surface area contributed by atoms with Gasteiger partial charge >= 0.3 is 0 Å². The van der Waals surface area contributed by atoms with E-state index < -0.39 is 6.10 Å². The Morgan fingerprint density at radius 1 is 1.11 bits per heavy atom. The minimum atomic E-state index is -0.652. The highest BCUT2D eigenvalue weighted by Gasteiger charge is 2.30. The molecule has 1 atom stereocenters. The van der Waals surface area contributed by atoms with Gasteiger partial charge in [0.25, 0.3) is 0 Å². The van der Waals surface area contributed by atoms with E-state index in [-0.39, 0.29) is 11.8 Å². The first-order chi connectivity index (χ1) is 17.4. The summed E-state index contributed by atoms with van der Waals surface area (Å²) in [7, 11) is 0. The van der Waals surface area contributed by atoms with Crippen LogP contribution in [0.4, 0.5) is 0 Å². The normalized spacial score (nSPS) is 14.6. The van der Waals surface area contributed by atoms with Crippen LogP contribution in [0.5, 0.6) is 0 Å². The molecule has 1 aliphatic heterocycles. The molecule has 2 aromatic heterocycles. The molecule has 182 valence electrons. The van der Waals surface area contributed by atoms with Crippen LogP contribution < -0.4 is 5.73 Å². The number of nitrogens with two attached hydrogens (primary N) is 1. The second-order valence-corrected chi connectivity index (χ2v) is 9.09. The Labute approximate surface area is 209 Å². The van der Waals surface area contributed by atoms with Crippen molar-refractivity contribution in [3.8, 4) is 23.2 Å². The quantitative estimate of drug-likeness (QED) is 0.393. The summed E-state index contributed by atoms with van der Waals surface area (Å²) < 4.78 is 7.38. The fourth-order valence-corrected chi connectivity index (χ4v) is 4.21. The first kappa shape index (κ1) is 23.5. The second-order valence-electron chi connectivity index (χ2n) is 9.09. The highest BCUT2D eigenvalue weighted by atomic mass is 16.5. The van der Waals surface area contributed by atoms with Crippen molar-refractivity contribution in [2.75, 3.05) is 13.1 Å². The van der Waals surface area contributed by atoms with Gasteiger partial charge in [-0.15, -0.1) is 0 Å². The van der Waals surface area contributed by atoms with Crippen LogP contribution in [-0.2, 0) is 17.9 Å². The highest BCUT2D eigenvalue weighted by molar-refractivity contribution is 5.78. The number of benzene rings is 2. The van der Waals surface area contributed by atoms with Crippen molar-refractivity contribution >= 4 is 5.91 Å². The Kier molecular flexibility index (Phi) is 6.67. The summed E-state index contributed by atoms with van der Waals surface area (Å²) in [6.07, 6.45) is 2.82. The number of aromatic nitrogens is 3. The number of imidazole rings is 1. The summed E-state index contributed by atoms with van der Waals surface area (Å²) in [6.45, 7) is 4.43. The van der Waals surface area contributed by atoms with E-state index in [1.807, 2.05) is 53.2 Å². The van der Waals surface area contributed by atoms with E-state index in [4.69, 9.17) is 10.3 Å². The maximum atomic E-state index is 11.1. The number of nitrogens with zero attached hydrogens (tertiary/aromatic N) is 4. The monoisotopic (exact) mass is 481 g/mol. The minimum Gasteiger partial charge on any atom is -0.385 e. The number of carbonyl (C=O) groups is 1. The molecule has 4 aromatic rings. The molecule has 0 bridgehead atoms. The van der Waals surface area contributed by atoms with Crippen LogP contribution in [0.25, 0.3) is 11.3 Å². The molecular weight excluding hydrogens is 454 g/mol. The largest absolute Gasteiger partial charge is 0.385 e. The lowest BCUT2D eigenvalue weighted by atomic mass is 9.98. The summed E-state index contributed by atoms with van der Waals surface area (Å²) in [5.41, 5.74) is 10.0. The number of aliphatic hydroxyl groups excluding tert-OH is 1. The first-order valence-electron chi connectivity index (χ1n) is 11.8. The predicted octanol–water partition coefficient (Wildman–Crippen LogP) is 2.96. The van der Waals surface area contributed by atoms with Gasteiger partial charge in [-0.25, -0.2) is 4.98 Å². The van der Waals surface area contributed by atoms with Gasteiger partial charge < -0.3 is 19.9 Å². The summed E-state index contributed by atoms with van der Waals surface area (Å²) in [5.74, 6) is 7.43. The third kappa shape index (κ3) is 5.38. The van der Waals surface area contributed by atoms with Crippen LogP contribution in [0.15, 0.2) is 71.5 Å². The second kappa shape index (κ2) is 10.2. The van der Waals surface area contributed by atoms with Crippen LogP contribution in [0.3, 0.4) is 0 Å². The number of carbonyl (C=O) groups excluding carboxylic acids is 1. The average molecular weight is 482 g/mol. The summed E-state index contributed by atoms with van der Waals surface area (Å²) in [4.78, 5) is 17.5. The van der Waals surface area contributed by atoms with Crippen molar-refractivity contribution in [2.24, 2.45) is 11.7 Å². The molecular formula is C28H27N5O3. The third-order valence-electron chi connectivity index (χ3n) is 6.25. The third-order valence-corrected chi connectivity index (χ3v) is 6.25. The molecule has 0 saturated carbocycles. The Hall–Kier alpha value is -4.19. The molecule has 5 rings (SSSR count). The molecule has 1 aliphatic rings. The smallest absolute Gasteiger partial charge is 0.223 e. The lowest BCUT2D eigenvalue weighted by molar-refractivity contribution is -0.127. The summed E-state index contributed by atoms with van der Waals surface area (Å²) >= 11 is 0. The van der Waals surface area contributed by atoms with Gasteiger partial charge in [0.1, 0.15) is 17.6 Å². The Bertz CT molecular complexity index is 1400. The van der Waals surface area contributed by atoms with Crippen molar-refractivity contribution in [1.82, 2.24) is 19.6 Å². The van der Waals surface area contributed by atoms with Gasteiger partial charge in [0, 0.05) is 54.8 Å². The van der Waals surface area contributed by atoms with Crippen molar-refractivity contribution in [2.45, 2.75) is 26.1 Å². The van der Waals surface area contributed by atoms with Crippen molar-refractivity contribution < 1.29 is 14.4 Å². The van der Waals surface area contributed by atoms with Gasteiger partial charge in [0.15, 0.2) is 5.76 Å². The van der Waals surface area contributed by atoms with E-state index in [2.05, 4.69) is 39.0 Å². The standard InChI is InChI=1S/C28H27N5O3/c1-19(34)28-30-12-13-33(28)18-25-14-26(36-31-25)23-10-8-21(9-11-23)3-2-20-4-6-22(7-5-20)15-32-16-24(17-32)27(29)35/h4-14,19,24,34H,15-18H2,1H3,(H2,29,35). The van der Waals surface area contributed by atoms with E-state index in [9.17, 15) is 9.90 Å². The lowest BCUT2D eigenvalue weighted by Crippen LogP contribution is -2.51. The van der Waals surface area contributed by atoms with E-state index in [0.717, 1.165) is 42.0 Å². The van der Waals surface area contributed by atoms with Gasteiger partial charge in [-0.05, 0) is 48.9 Å². The van der Waals surface area contributed by atoms with Crippen LogP contribution in [0.1, 0.15) is 41.2 Å². The molecule has 0 spiro atoms. The summed E-state index contributed by atoms with van der Waals surface area (Å²) in [5, 5.41) is 14.0. The summed E-state index contributed by atoms with van der Waals surface area (Å²) in [6, 6.07) is 17.9. The van der Waals surface area contributed by atoms with Gasteiger partial charge in [0.05, 0.1) is 12.5 Å². The lowest BCUT2D eigenvalue weighted by Gasteiger charge is -2.37. The van der Waals surface area contributed by atoms with E-state index in [1.165, 1.54) is 5.56 Å². The molecule has 0 radical (unpaired) electrons. The molecule has 8 heteroatoms. The van der Waals surface area contributed by atoms with Crippen LogP contribution in [0.2, 0.25) is 0 Å². The van der Waals surface area contributed by atoms with E-state index >= 15 is 0 Å².